The summed E-state index contributed by atoms with van der Waals surface area (Å²) in [6.07, 6.45) is 1.60. The van der Waals surface area contributed by atoms with Gasteiger partial charge in [-0.2, -0.15) is 0 Å². The fourth-order valence-corrected chi connectivity index (χ4v) is 1.87. The highest BCUT2D eigenvalue weighted by Crippen LogP contribution is 2.43. The molecule has 2 aromatic rings. The second kappa shape index (κ2) is 5.48. The van der Waals surface area contributed by atoms with E-state index >= 15 is 0 Å². The third-order valence-electron chi connectivity index (χ3n) is 2.77. The van der Waals surface area contributed by atoms with Gasteiger partial charge in [-0.3, -0.25) is 4.98 Å². The van der Waals surface area contributed by atoms with Crippen molar-refractivity contribution in [1.82, 2.24) is 4.98 Å². The minimum absolute atomic E-state index is 0.543. The van der Waals surface area contributed by atoms with Crippen LogP contribution in [0.2, 0.25) is 0 Å². The first kappa shape index (κ1) is 13.0. The Balaban J connectivity index is 2.60. The first-order valence-electron chi connectivity index (χ1n) is 5.72. The summed E-state index contributed by atoms with van der Waals surface area (Å²) in [6, 6.07) is 7.31. The third-order valence-corrected chi connectivity index (χ3v) is 2.77. The lowest BCUT2D eigenvalue weighted by atomic mass is 10.1. The van der Waals surface area contributed by atoms with Crippen LogP contribution in [0.3, 0.4) is 0 Å². The Morgan fingerprint density at radius 3 is 2.16 bits per heavy atom. The summed E-state index contributed by atoms with van der Waals surface area (Å²) in [6.45, 7) is 0. The van der Waals surface area contributed by atoms with Gasteiger partial charge in [0.2, 0.25) is 5.75 Å². The summed E-state index contributed by atoms with van der Waals surface area (Å²) >= 11 is 0. The number of aromatic nitrogens is 1. The van der Waals surface area contributed by atoms with Crippen LogP contribution in [-0.2, 0) is 0 Å². The maximum atomic E-state index is 5.64. The molecule has 1 aromatic heterocycles. The van der Waals surface area contributed by atoms with Crippen LogP contribution in [-0.4, -0.2) is 26.3 Å². The van der Waals surface area contributed by atoms with Gasteiger partial charge in [-0.1, -0.05) is 0 Å². The van der Waals surface area contributed by atoms with Crippen LogP contribution in [0.5, 0.6) is 17.2 Å². The molecule has 0 unspecified atom stereocenters. The minimum atomic E-state index is 0.543. The second-order valence-corrected chi connectivity index (χ2v) is 3.86. The van der Waals surface area contributed by atoms with Crippen LogP contribution in [0, 0.1) is 0 Å². The summed E-state index contributed by atoms with van der Waals surface area (Å²) in [5.74, 6) is 1.73. The lowest BCUT2D eigenvalue weighted by Crippen LogP contribution is -1.97. The van der Waals surface area contributed by atoms with Crippen LogP contribution in [0.15, 0.2) is 30.5 Å². The Labute approximate surface area is 111 Å². The Kier molecular flexibility index (Phi) is 3.75. The van der Waals surface area contributed by atoms with E-state index in [0.717, 1.165) is 11.3 Å². The second-order valence-electron chi connectivity index (χ2n) is 3.86. The minimum Gasteiger partial charge on any atom is -0.493 e. The first-order valence-corrected chi connectivity index (χ1v) is 5.72. The number of nitrogens with two attached hydrogens (primary N) is 1. The van der Waals surface area contributed by atoms with Gasteiger partial charge in [0.15, 0.2) is 11.5 Å². The zero-order valence-electron chi connectivity index (χ0n) is 11.1. The predicted molar refractivity (Wildman–Crippen MR) is 73.7 cm³/mol. The Morgan fingerprint density at radius 1 is 0.895 bits per heavy atom. The van der Waals surface area contributed by atoms with Crippen LogP contribution in [0.4, 0.5) is 5.69 Å². The van der Waals surface area contributed by atoms with Crippen molar-refractivity contribution in [2.24, 2.45) is 0 Å². The van der Waals surface area contributed by atoms with Gasteiger partial charge in [0.05, 0.1) is 38.9 Å². The van der Waals surface area contributed by atoms with Crippen molar-refractivity contribution >= 4 is 5.69 Å². The van der Waals surface area contributed by atoms with Gasteiger partial charge in [0, 0.05) is 5.56 Å². The molecule has 0 bridgehead atoms. The average molecular weight is 260 g/mol. The molecule has 5 heteroatoms. The topological polar surface area (TPSA) is 66.6 Å². The van der Waals surface area contributed by atoms with Gasteiger partial charge in [0.1, 0.15) is 0 Å². The quantitative estimate of drug-likeness (QED) is 0.914. The van der Waals surface area contributed by atoms with E-state index in [0.29, 0.717) is 22.9 Å². The smallest absolute Gasteiger partial charge is 0.203 e. The van der Waals surface area contributed by atoms with Crippen molar-refractivity contribution < 1.29 is 14.2 Å². The van der Waals surface area contributed by atoms with Gasteiger partial charge >= 0.3 is 0 Å². The Morgan fingerprint density at radius 2 is 1.63 bits per heavy atom. The molecule has 19 heavy (non-hydrogen) atoms. The molecular formula is C14H16N2O3. The number of ether oxygens (including phenoxy) is 3. The molecule has 0 radical (unpaired) electrons. The molecule has 1 aromatic carbocycles. The lowest BCUT2D eigenvalue weighted by molar-refractivity contribution is 0.325. The summed E-state index contributed by atoms with van der Waals surface area (Å²) in [7, 11) is 4.73. The average Bonchev–Trinajstić information content (AvgIpc) is 2.46. The number of nitrogens with zero attached hydrogens (tertiary/aromatic N) is 1. The van der Waals surface area contributed by atoms with E-state index in [-0.39, 0.29) is 0 Å². The zero-order chi connectivity index (χ0) is 13.8. The van der Waals surface area contributed by atoms with Crippen molar-refractivity contribution in [2.75, 3.05) is 27.1 Å². The summed E-state index contributed by atoms with van der Waals surface area (Å²) in [4.78, 5) is 4.29. The molecule has 0 amide bonds. The summed E-state index contributed by atoms with van der Waals surface area (Å²) in [5, 5.41) is 0. The van der Waals surface area contributed by atoms with Crippen LogP contribution >= 0.6 is 0 Å². The van der Waals surface area contributed by atoms with Crippen molar-refractivity contribution in [3.05, 3.63) is 30.5 Å². The summed E-state index contributed by atoms with van der Waals surface area (Å²) < 4.78 is 16.0. The maximum absolute atomic E-state index is 5.64. The molecule has 100 valence electrons. The summed E-state index contributed by atoms with van der Waals surface area (Å²) in [5.41, 5.74) is 7.83. The number of methoxy groups -OCH3 is 3. The molecule has 2 rings (SSSR count). The van der Waals surface area contributed by atoms with E-state index in [1.807, 2.05) is 18.2 Å². The molecule has 0 aliphatic rings. The van der Waals surface area contributed by atoms with E-state index in [1.165, 1.54) is 0 Å². The monoisotopic (exact) mass is 260 g/mol. The highest BCUT2D eigenvalue weighted by molar-refractivity contribution is 5.74. The number of nitrogen functional groups attached to an aromatic ring is 1. The van der Waals surface area contributed by atoms with Crippen LogP contribution < -0.4 is 19.9 Å². The number of anilines is 1. The van der Waals surface area contributed by atoms with Crippen molar-refractivity contribution in [1.29, 1.82) is 0 Å². The van der Waals surface area contributed by atoms with Gasteiger partial charge < -0.3 is 19.9 Å². The van der Waals surface area contributed by atoms with E-state index in [1.54, 1.807) is 33.6 Å². The van der Waals surface area contributed by atoms with Gasteiger partial charge in [-0.25, -0.2) is 0 Å². The number of pyridine rings is 1. The predicted octanol–water partition coefficient (Wildman–Crippen LogP) is 2.36. The van der Waals surface area contributed by atoms with Gasteiger partial charge in [-0.15, -0.1) is 0 Å². The number of hydrogen-bond acceptors (Lipinski definition) is 5. The first-order chi connectivity index (χ1) is 9.21. The SMILES string of the molecule is COc1ccc(-c2ccc(N)cn2)c(OC)c1OC. The zero-order valence-corrected chi connectivity index (χ0v) is 11.1. The fourth-order valence-electron chi connectivity index (χ4n) is 1.87. The number of benzene rings is 1. The Hall–Kier alpha value is -2.43. The van der Waals surface area contributed by atoms with E-state index < -0.39 is 0 Å². The van der Waals surface area contributed by atoms with E-state index in [4.69, 9.17) is 19.9 Å². The van der Waals surface area contributed by atoms with Gasteiger partial charge in [0.25, 0.3) is 0 Å². The molecule has 0 saturated carbocycles. The van der Waals surface area contributed by atoms with Crippen molar-refractivity contribution in [2.45, 2.75) is 0 Å². The van der Waals surface area contributed by atoms with Gasteiger partial charge in [-0.05, 0) is 24.3 Å². The largest absolute Gasteiger partial charge is 0.493 e. The molecule has 0 aliphatic heterocycles. The molecule has 0 fully saturated rings. The highest BCUT2D eigenvalue weighted by atomic mass is 16.5. The van der Waals surface area contributed by atoms with Crippen LogP contribution in [0.1, 0.15) is 0 Å². The Bertz CT molecular complexity index is 568. The molecule has 0 saturated heterocycles. The lowest BCUT2D eigenvalue weighted by Gasteiger charge is -2.15. The molecule has 2 N–H and O–H groups in total. The molecular weight excluding hydrogens is 244 g/mol. The third kappa shape index (κ3) is 2.40. The van der Waals surface area contributed by atoms with Crippen LogP contribution in [0.25, 0.3) is 11.3 Å². The molecule has 0 atom stereocenters. The van der Waals surface area contributed by atoms with Crippen molar-refractivity contribution in [3.8, 4) is 28.5 Å². The number of hydrogen-bond donors (Lipinski definition) is 1. The molecule has 0 spiro atoms. The molecule has 5 nitrogen and oxygen atoms in total. The normalized spacial score (nSPS) is 10.1. The molecule has 0 aliphatic carbocycles. The highest BCUT2D eigenvalue weighted by Gasteiger charge is 2.17. The van der Waals surface area contributed by atoms with Crippen molar-refractivity contribution in [3.63, 3.8) is 0 Å². The standard InChI is InChI=1S/C14H16N2O3/c1-17-12-7-5-10(13(18-2)14(12)19-3)11-6-4-9(15)8-16-11/h4-8H,15H2,1-3H3. The van der Waals surface area contributed by atoms with E-state index in [9.17, 15) is 0 Å². The van der Waals surface area contributed by atoms with E-state index in [2.05, 4.69) is 4.98 Å². The molecule has 1 heterocycles. The maximum Gasteiger partial charge on any atom is 0.203 e. The number of rotatable bonds is 4. The fraction of sp³-hybridized carbons (Fsp3) is 0.214.